The van der Waals surface area contributed by atoms with Crippen LogP contribution in [0.4, 0.5) is 11.4 Å². The quantitative estimate of drug-likeness (QED) is 0.884. The van der Waals surface area contributed by atoms with Crippen LogP contribution in [0, 0.1) is 0 Å². The van der Waals surface area contributed by atoms with Crippen molar-refractivity contribution >= 4 is 17.3 Å². The number of ether oxygens (including phenoxy) is 1. The third kappa shape index (κ3) is 3.25. The van der Waals surface area contributed by atoms with Crippen LogP contribution >= 0.6 is 0 Å². The normalized spacial score (nSPS) is 9.79. The van der Waals surface area contributed by atoms with Crippen molar-refractivity contribution < 1.29 is 9.53 Å². The van der Waals surface area contributed by atoms with Crippen molar-refractivity contribution in [1.29, 1.82) is 0 Å². The summed E-state index contributed by atoms with van der Waals surface area (Å²) in [5, 5.41) is 5.84. The molecule has 0 atom stereocenters. The Morgan fingerprint density at radius 2 is 1.79 bits per heavy atom. The highest BCUT2D eigenvalue weighted by Crippen LogP contribution is 2.18. The lowest BCUT2D eigenvalue weighted by molar-refractivity contribution is 0.102. The molecule has 0 heterocycles. The second kappa shape index (κ2) is 5.91. The van der Waals surface area contributed by atoms with Gasteiger partial charge in [0.1, 0.15) is 5.75 Å². The molecule has 4 nitrogen and oxygen atoms in total. The third-order valence-electron chi connectivity index (χ3n) is 2.76. The number of benzene rings is 2. The minimum Gasteiger partial charge on any atom is -0.497 e. The van der Waals surface area contributed by atoms with E-state index in [4.69, 9.17) is 4.74 Å². The molecule has 2 rings (SSSR count). The molecule has 4 heteroatoms. The lowest BCUT2D eigenvalue weighted by atomic mass is 10.2. The van der Waals surface area contributed by atoms with Crippen molar-refractivity contribution in [2.45, 2.75) is 0 Å². The summed E-state index contributed by atoms with van der Waals surface area (Å²) >= 11 is 0. The summed E-state index contributed by atoms with van der Waals surface area (Å²) in [4.78, 5) is 12.0. The fourth-order valence-corrected chi connectivity index (χ4v) is 1.69. The minimum absolute atomic E-state index is 0.143. The number of carbonyl (C=O) groups is 1. The maximum atomic E-state index is 12.0. The van der Waals surface area contributed by atoms with Crippen LogP contribution in [0.5, 0.6) is 5.75 Å². The van der Waals surface area contributed by atoms with Gasteiger partial charge in [0.2, 0.25) is 0 Å². The minimum atomic E-state index is -0.143. The van der Waals surface area contributed by atoms with E-state index in [0.717, 1.165) is 5.69 Å². The molecule has 0 radical (unpaired) electrons. The van der Waals surface area contributed by atoms with Gasteiger partial charge < -0.3 is 15.4 Å². The van der Waals surface area contributed by atoms with Crippen molar-refractivity contribution in [1.82, 2.24) is 0 Å². The van der Waals surface area contributed by atoms with E-state index in [2.05, 4.69) is 10.6 Å². The van der Waals surface area contributed by atoms with Gasteiger partial charge in [-0.05, 0) is 36.4 Å². The van der Waals surface area contributed by atoms with Crippen molar-refractivity contribution in [3.05, 3.63) is 54.1 Å². The summed E-state index contributed by atoms with van der Waals surface area (Å²) in [6, 6.07) is 14.5. The fourth-order valence-electron chi connectivity index (χ4n) is 1.69. The molecule has 2 aromatic rings. The number of amides is 1. The molecule has 0 saturated heterocycles. The van der Waals surface area contributed by atoms with Gasteiger partial charge in [-0.15, -0.1) is 0 Å². The van der Waals surface area contributed by atoms with Crippen LogP contribution in [0.2, 0.25) is 0 Å². The van der Waals surface area contributed by atoms with Crippen LogP contribution in [0.25, 0.3) is 0 Å². The first kappa shape index (κ1) is 13.0. The van der Waals surface area contributed by atoms with Crippen LogP contribution in [-0.4, -0.2) is 20.1 Å². The zero-order chi connectivity index (χ0) is 13.7. The fraction of sp³-hybridized carbons (Fsp3) is 0.133. The van der Waals surface area contributed by atoms with Gasteiger partial charge >= 0.3 is 0 Å². The summed E-state index contributed by atoms with van der Waals surface area (Å²) in [6.45, 7) is 0. The van der Waals surface area contributed by atoms with Gasteiger partial charge in [0.05, 0.1) is 7.11 Å². The van der Waals surface area contributed by atoms with Crippen LogP contribution in [0.15, 0.2) is 48.5 Å². The lowest BCUT2D eigenvalue weighted by Crippen LogP contribution is -2.11. The summed E-state index contributed by atoms with van der Waals surface area (Å²) < 4.78 is 5.11. The third-order valence-corrected chi connectivity index (χ3v) is 2.76. The number of carbonyl (C=O) groups excluding carboxylic acids is 1. The van der Waals surface area contributed by atoms with E-state index < -0.39 is 0 Å². The topological polar surface area (TPSA) is 50.4 Å². The SMILES string of the molecule is CNc1ccc(C(=O)Nc2cccc(OC)c2)cc1. The van der Waals surface area contributed by atoms with Gasteiger partial charge in [-0.3, -0.25) is 4.79 Å². The maximum Gasteiger partial charge on any atom is 0.255 e. The number of anilines is 2. The molecule has 0 fully saturated rings. The average molecular weight is 256 g/mol. The van der Waals surface area contributed by atoms with E-state index in [1.165, 1.54) is 0 Å². The first-order valence-corrected chi connectivity index (χ1v) is 5.96. The monoisotopic (exact) mass is 256 g/mol. The molecule has 0 aliphatic carbocycles. The number of nitrogens with one attached hydrogen (secondary N) is 2. The molecule has 0 aliphatic rings. The summed E-state index contributed by atoms with van der Waals surface area (Å²) in [7, 11) is 3.43. The molecular formula is C15H16N2O2. The molecule has 98 valence electrons. The van der Waals surface area contributed by atoms with Crippen LogP contribution in [0.3, 0.4) is 0 Å². The highest BCUT2D eigenvalue weighted by atomic mass is 16.5. The van der Waals surface area contributed by atoms with Gasteiger partial charge in [-0.2, -0.15) is 0 Å². The average Bonchev–Trinajstić information content (AvgIpc) is 2.47. The van der Waals surface area contributed by atoms with Gasteiger partial charge in [0.25, 0.3) is 5.91 Å². The number of hydrogen-bond acceptors (Lipinski definition) is 3. The first-order valence-electron chi connectivity index (χ1n) is 5.96. The van der Waals surface area contributed by atoms with Crippen molar-refractivity contribution in [3.8, 4) is 5.75 Å². The van der Waals surface area contributed by atoms with E-state index in [-0.39, 0.29) is 5.91 Å². The molecule has 0 bridgehead atoms. The second-order valence-electron chi connectivity index (χ2n) is 4.01. The zero-order valence-corrected chi connectivity index (χ0v) is 10.9. The maximum absolute atomic E-state index is 12.0. The Kier molecular flexibility index (Phi) is 4.03. The van der Waals surface area contributed by atoms with E-state index in [1.807, 2.05) is 37.4 Å². The molecule has 19 heavy (non-hydrogen) atoms. The molecule has 0 saturated carbocycles. The van der Waals surface area contributed by atoms with Crippen molar-refractivity contribution in [2.75, 3.05) is 24.8 Å². The Labute approximate surface area is 112 Å². The number of rotatable bonds is 4. The van der Waals surface area contributed by atoms with Gasteiger partial charge in [-0.1, -0.05) is 6.07 Å². The highest BCUT2D eigenvalue weighted by Gasteiger charge is 2.06. The molecule has 2 N–H and O–H groups in total. The van der Waals surface area contributed by atoms with E-state index in [1.54, 1.807) is 25.3 Å². The Morgan fingerprint density at radius 3 is 2.42 bits per heavy atom. The Balaban J connectivity index is 2.11. The lowest BCUT2D eigenvalue weighted by Gasteiger charge is -2.07. The van der Waals surface area contributed by atoms with Crippen LogP contribution in [0.1, 0.15) is 10.4 Å². The van der Waals surface area contributed by atoms with Gasteiger partial charge in [-0.25, -0.2) is 0 Å². The predicted octanol–water partition coefficient (Wildman–Crippen LogP) is 2.99. The zero-order valence-electron chi connectivity index (χ0n) is 10.9. The smallest absolute Gasteiger partial charge is 0.255 e. The molecule has 0 aliphatic heterocycles. The summed E-state index contributed by atoms with van der Waals surface area (Å²) in [6.07, 6.45) is 0. The Hall–Kier alpha value is -2.49. The van der Waals surface area contributed by atoms with E-state index in [9.17, 15) is 4.79 Å². The molecule has 1 amide bonds. The largest absolute Gasteiger partial charge is 0.497 e. The van der Waals surface area contributed by atoms with Gasteiger partial charge in [0.15, 0.2) is 0 Å². The molecular weight excluding hydrogens is 240 g/mol. The van der Waals surface area contributed by atoms with Crippen LogP contribution in [-0.2, 0) is 0 Å². The second-order valence-corrected chi connectivity index (χ2v) is 4.01. The van der Waals surface area contributed by atoms with Crippen LogP contribution < -0.4 is 15.4 Å². The predicted molar refractivity (Wildman–Crippen MR) is 76.9 cm³/mol. The Morgan fingerprint density at radius 1 is 1.05 bits per heavy atom. The molecule has 0 spiro atoms. The molecule has 0 aromatic heterocycles. The molecule has 0 unspecified atom stereocenters. The van der Waals surface area contributed by atoms with Gasteiger partial charge in [0, 0.05) is 30.1 Å². The number of methoxy groups -OCH3 is 1. The summed E-state index contributed by atoms with van der Waals surface area (Å²) in [5.74, 6) is 0.569. The standard InChI is InChI=1S/C15H16N2O2/c1-16-12-8-6-11(7-9-12)15(18)17-13-4-3-5-14(10-13)19-2/h3-10,16H,1-2H3,(H,17,18). The first-order chi connectivity index (χ1) is 9.22. The number of hydrogen-bond donors (Lipinski definition) is 2. The summed E-state index contributed by atoms with van der Waals surface area (Å²) in [5.41, 5.74) is 2.29. The highest BCUT2D eigenvalue weighted by molar-refractivity contribution is 6.04. The Bertz CT molecular complexity index is 565. The van der Waals surface area contributed by atoms with Crippen molar-refractivity contribution in [3.63, 3.8) is 0 Å². The van der Waals surface area contributed by atoms with Crippen molar-refractivity contribution in [2.24, 2.45) is 0 Å². The molecule has 2 aromatic carbocycles. The van der Waals surface area contributed by atoms with E-state index >= 15 is 0 Å². The van der Waals surface area contributed by atoms with E-state index in [0.29, 0.717) is 17.0 Å².